The smallest absolute Gasteiger partial charge is 0.255 e. The Balaban J connectivity index is 1.09. The first-order chi connectivity index (χ1) is 19.4. The maximum atomic E-state index is 13.0. The monoisotopic (exact) mass is 571 g/mol. The van der Waals surface area contributed by atoms with Crippen LogP contribution in [0.5, 0.6) is 0 Å². The van der Waals surface area contributed by atoms with Gasteiger partial charge in [-0.25, -0.2) is 8.42 Å². The van der Waals surface area contributed by atoms with Crippen LogP contribution in [0.2, 0.25) is 0 Å². The molecule has 0 aromatic heterocycles. The van der Waals surface area contributed by atoms with Gasteiger partial charge in [0.1, 0.15) is 0 Å². The van der Waals surface area contributed by atoms with Crippen LogP contribution in [0.3, 0.4) is 0 Å². The van der Waals surface area contributed by atoms with Crippen LogP contribution in [-0.2, 0) is 22.3 Å². The SMILES string of the molecule is Cc1ccc(S(=O)(=O)N2CCN(Cc3ccc(C(=O)Nc4ccc(CSc5ccccc5)cc4)cc3)CC2)cc1. The van der Waals surface area contributed by atoms with Gasteiger partial charge in [0, 0.05) is 54.6 Å². The van der Waals surface area contributed by atoms with Crippen LogP contribution in [0.1, 0.15) is 27.0 Å². The number of amides is 1. The van der Waals surface area contributed by atoms with E-state index >= 15 is 0 Å². The van der Waals surface area contributed by atoms with Crippen LogP contribution in [0.4, 0.5) is 5.69 Å². The summed E-state index contributed by atoms with van der Waals surface area (Å²) >= 11 is 1.78. The minimum Gasteiger partial charge on any atom is -0.322 e. The Bertz CT molecular complexity index is 1520. The lowest BCUT2D eigenvalue weighted by Gasteiger charge is -2.34. The summed E-state index contributed by atoms with van der Waals surface area (Å²) in [4.78, 5) is 16.6. The van der Waals surface area contributed by atoms with Gasteiger partial charge >= 0.3 is 0 Å². The third kappa shape index (κ3) is 7.20. The van der Waals surface area contributed by atoms with E-state index in [4.69, 9.17) is 0 Å². The first-order valence-electron chi connectivity index (χ1n) is 13.3. The van der Waals surface area contributed by atoms with Crippen molar-refractivity contribution in [3.8, 4) is 0 Å². The summed E-state index contributed by atoms with van der Waals surface area (Å²) in [5, 5.41) is 2.98. The zero-order valence-corrected chi connectivity index (χ0v) is 24.1. The zero-order valence-electron chi connectivity index (χ0n) is 22.5. The molecule has 1 heterocycles. The highest BCUT2D eigenvalue weighted by Crippen LogP contribution is 2.23. The molecular formula is C32H33N3O3S2. The van der Waals surface area contributed by atoms with E-state index < -0.39 is 10.0 Å². The van der Waals surface area contributed by atoms with Crippen LogP contribution in [-0.4, -0.2) is 49.7 Å². The Kier molecular flexibility index (Phi) is 9.01. The summed E-state index contributed by atoms with van der Waals surface area (Å²) in [5.74, 6) is 0.727. The van der Waals surface area contributed by atoms with Gasteiger partial charge in [0.15, 0.2) is 0 Å². The van der Waals surface area contributed by atoms with Crippen molar-refractivity contribution in [3.63, 3.8) is 0 Å². The molecule has 4 aromatic carbocycles. The number of hydrogen-bond acceptors (Lipinski definition) is 5. The quantitative estimate of drug-likeness (QED) is 0.248. The third-order valence-corrected chi connectivity index (χ3v) is 9.97. The third-order valence-electron chi connectivity index (χ3n) is 6.97. The number of piperazine rings is 1. The number of hydrogen-bond donors (Lipinski definition) is 1. The number of carbonyl (C=O) groups excluding carboxylic acids is 1. The lowest BCUT2D eigenvalue weighted by atomic mass is 10.1. The van der Waals surface area contributed by atoms with Crippen LogP contribution in [0.15, 0.2) is 113 Å². The fourth-order valence-electron chi connectivity index (χ4n) is 4.58. The molecule has 0 aliphatic carbocycles. The second-order valence-electron chi connectivity index (χ2n) is 9.94. The van der Waals surface area contributed by atoms with Gasteiger partial charge in [-0.05, 0) is 66.6 Å². The molecule has 0 unspecified atom stereocenters. The summed E-state index contributed by atoms with van der Waals surface area (Å²) < 4.78 is 27.5. The van der Waals surface area contributed by atoms with Gasteiger partial charge in [-0.15, -0.1) is 11.8 Å². The molecule has 0 saturated carbocycles. The number of nitrogens with one attached hydrogen (secondary N) is 1. The molecule has 0 atom stereocenters. The highest BCUT2D eigenvalue weighted by atomic mass is 32.2. The van der Waals surface area contributed by atoms with E-state index in [0.29, 0.717) is 43.2 Å². The molecule has 1 N–H and O–H groups in total. The van der Waals surface area contributed by atoms with Gasteiger partial charge in [-0.1, -0.05) is 60.2 Å². The molecule has 1 fully saturated rings. The molecule has 5 rings (SSSR count). The molecule has 1 amide bonds. The molecule has 0 radical (unpaired) electrons. The number of thioether (sulfide) groups is 1. The van der Waals surface area contributed by atoms with E-state index in [2.05, 4.69) is 22.3 Å². The lowest BCUT2D eigenvalue weighted by molar-refractivity contribution is 0.102. The fourth-order valence-corrected chi connectivity index (χ4v) is 6.88. The van der Waals surface area contributed by atoms with Crippen molar-refractivity contribution in [3.05, 3.63) is 125 Å². The van der Waals surface area contributed by atoms with Crippen molar-refractivity contribution in [1.82, 2.24) is 9.21 Å². The Labute approximate surface area is 241 Å². The van der Waals surface area contributed by atoms with Crippen LogP contribution in [0.25, 0.3) is 0 Å². The molecule has 206 valence electrons. The second-order valence-corrected chi connectivity index (χ2v) is 12.9. The van der Waals surface area contributed by atoms with E-state index in [1.807, 2.05) is 85.8 Å². The van der Waals surface area contributed by atoms with E-state index in [-0.39, 0.29) is 5.91 Å². The minimum absolute atomic E-state index is 0.145. The van der Waals surface area contributed by atoms with Crippen molar-refractivity contribution in [2.24, 2.45) is 0 Å². The minimum atomic E-state index is -3.47. The first-order valence-corrected chi connectivity index (χ1v) is 15.8. The van der Waals surface area contributed by atoms with Gasteiger partial charge in [0.25, 0.3) is 5.91 Å². The Morgan fingerprint density at radius 1 is 0.775 bits per heavy atom. The predicted octanol–water partition coefficient (Wildman–Crippen LogP) is 6.05. The maximum Gasteiger partial charge on any atom is 0.255 e. The van der Waals surface area contributed by atoms with E-state index in [1.165, 1.54) is 10.5 Å². The fraction of sp³-hybridized carbons (Fsp3) is 0.219. The van der Waals surface area contributed by atoms with Gasteiger partial charge in [0.2, 0.25) is 10.0 Å². The number of carbonyl (C=O) groups is 1. The van der Waals surface area contributed by atoms with Crippen molar-refractivity contribution >= 4 is 33.4 Å². The van der Waals surface area contributed by atoms with Gasteiger partial charge in [0.05, 0.1) is 4.90 Å². The average Bonchev–Trinajstić information content (AvgIpc) is 2.98. The first kappa shape index (κ1) is 28.1. The molecule has 8 heteroatoms. The highest BCUT2D eigenvalue weighted by molar-refractivity contribution is 7.98. The van der Waals surface area contributed by atoms with E-state index in [9.17, 15) is 13.2 Å². The summed E-state index contributed by atoms with van der Waals surface area (Å²) in [6, 6.07) is 32.9. The largest absolute Gasteiger partial charge is 0.322 e. The second kappa shape index (κ2) is 12.8. The van der Waals surface area contributed by atoms with Crippen molar-refractivity contribution in [1.29, 1.82) is 0 Å². The van der Waals surface area contributed by atoms with Crippen molar-refractivity contribution in [2.45, 2.75) is 29.0 Å². The number of nitrogens with zero attached hydrogens (tertiary/aromatic N) is 2. The van der Waals surface area contributed by atoms with Gasteiger partial charge < -0.3 is 5.32 Å². The van der Waals surface area contributed by atoms with E-state index in [1.54, 1.807) is 28.2 Å². The van der Waals surface area contributed by atoms with E-state index in [0.717, 1.165) is 22.6 Å². The summed E-state index contributed by atoms with van der Waals surface area (Å²) in [6.45, 7) is 4.89. The Hall–Kier alpha value is -3.43. The van der Waals surface area contributed by atoms with Gasteiger partial charge in [-0.2, -0.15) is 4.31 Å². The summed E-state index contributed by atoms with van der Waals surface area (Å²) in [5.41, 5.74) is 4.69. The van der Waals surface area contributed by atoms with Crippen LogP contribution >= 0.6 is 11.8 Å². The molecule has 0 bridgehead atoms. The molecule has 4 aromatic rings. The van der Waals surface area contributed by atoms with Crippen molar-refractivity contribution < 1.29 is 13.2 Å². The molecule has 6 nitrogen and oxygen atoms in total. The molecule has 1 aliphatic heterocycles. The van der Waals surface area contributed by atoms with Crippen LogP contribution < -0.4 is 5.32 Å². The standard InChI is InChI=1S/C32H33N3O3S2/c1-25-7-17-31(18-8-25)40(37,38)35-21-19-34(20-22-35)23-26-9-13-28(14-10-26)32(36)33-29-15-11-27(12-16-29)24-39-30-5-3-2-4-6-30/h2-18H,19-24H2,1H3,(H,33,36). The molecule has 0 spiro atoms. The summed E-state index contributed by atoms with van der Waals surface area (Å²) in [7, 11) is -3.47. The van der Waals surface area contributed by atoms with Crippen LogP contribution in [0, 0.1) is 6.92 Å². The number of rotatable bonds is 9. The Morgan fingerprint density at radius 3 is 2.05 bits per heavy atom. The number of anilines is 1. The number of sulfonamides is 1. The molecular weight excluding hydrogens is 539 g/mol. The molecule has 1 aliphatic rings. The lowest BCUT2D eigenvalue weighted by Crippen LogP contribution is -2.48. The molecule has 1 saturated heterocycles. The predicted molar refractivity (Wildman–Crippen MR) is 162 cm³/mol. The maximum absolute atomic E-state index is 13.0. The normalized spacial score (nSPS) is 14.6. The Morgan fingerprint density at radius 2 is 1.40 bits per heavy atom. The average molecular weight is 572 g/mol. The van der Waals surface area contributed by atoms with Gasteiger partial charge in [-0.3, -0.25) is 9.69 Å². The number of benzene rings is 4. The molecule has 40 heavy (non-hydrogen) atoms. The highest BCUT2D eigenvalue weighted by Gasteiger charge is 2.28. The number of aryl methyl sites for hydroxylation is 1. The topological polar surface area (TPSA) is 69.7 Å². The summed E-state index contributed by atoms with van der Waals surface area (Å²) in [6.07, 6.45) is 0. The zero-order chi connectivity index (χ0) is 28.0. The van der Waals surface area contributed by atoms with Crippen molar-refractivity contribution in [2.75, 3.05) is 31.5 Å².